The monoisotopic (exact) mass is 265 g/mol. The van der Waals surface area contributed by atoms with E-state index in [0.717, 1.165) is 16.2 Å². The fraction of sp³-hybridized carbons (Fsp3) is 0.231. The lowest BCUT2D eigenvalue weighted by atomic mass is 10.3. The van der Waals surface area contributed by atoms with E-state index in [1.165, 1.54) is 4.88 Å². The molecule has 1 aromatic carbocycles. The molecule has 4 heteroatoms. The van der Waals surface area contributed by atoms with E-state index in [2.05, 4.69) is 19.1 Å². The summed E-state index contributed by atoms with van der Waals surface area (Å²) in [5.41, 5.74) is 6.43. The van der Waals surface area contributed by atoms with E-state index < -0.39 is 10.8 Å². The molecule has 0 aliphatic rings. The quantitative estimate of drug-likeness (QED) is 0.863. The van der Waals surface area contributed by atoms with Crippen LogP contribution in [0.15, 0.2) is 41.3 Å². The molecule has 0 radical (unpaired) electrons. The summed E-state index contributed by atoms with van der Waals surface area (Å²) in [4.78, 5) is 3.22. The molecule has 0 fully saturated rings. The summed E-state index contributed by atoms with van der Waals surface area (Å²) in [5, 5.41) is 0. The second-order valence-electron chi connectivity index (χ2n) is 3.75. The van der Waals surface area contributed by atoms with E-state index in [0.29, 0.717) is 11.4 Å². The standard InChI is InChI=1S/C13H15NOS2/c1-2-10-7-8-11(16-10)9-17(15)13-6-4-3-5-12(13)14/h3-8H,2,9,14H2,1H3. The van der Waals surface area contributed by atoms with E-state index in [1.54, 1.807) is 17.4 Å². The maximum Gasteiger partial charge on any atom is 0.0627 e. The van der Waals surface area contributed by atoms with Gasteiger partial charge in [-0.2, -0.15) is 0 Å². The van der Waals surface area contributed by atoms with Crippen LogP contribution in [0.2, 0.25) is 0 Å². The van der Waals surface area contributed by atoms with E-state index >= 15 is 0 Å². The number of anilines is 1. The number of aryl methyl sites for hydroxylation is 1. The number of thiophene rings is 1. The number of rotatable bonds is 4. The van der Waals surface area contributed by atoms with Crippen molar-refractivity contribution >= 4 is 27.8 Å². The Kier molecular flexibility index (Phi) is 3.97. The molecule has 0 spiro atoms. The molecule has 2 N–H and O–H groups in total. The highest BCUT2D eigenvalue weighted by atomic mass is 32.2. The van der Waals surface area contributed by atoms with Crippen molar-refractivity contribution in [2.45, 2.75) is 24.0 Å². The molecular weight excluding hydrogens is 250 g/mol. The van der Waals surface area contributed by atoms with E-state index in [-0.39, 0.29) is 0 Å². The van der Waals surface area contributed by atoms with Gasteiger partial charge in [-0.25, -0.2) is 0 Å². The van der Waals surface area contributed by atoms with Crippen molar-refractivity contribution < 1.29 is 4.21 Å². The highest BCUT2D eigenvalue weighted by Crippen LogP contribution is 2.23. The van der Waals surface area contributed by atoms with Crippen molar-refractivity contribution in [3.05, 3.63) is 46.2 Å². The van der Waals surface area contributed by atoms with Gasteiger partial charge in [-0.3, -0.25) is 4.21 Å². The Balaban J connectivity index is 2.14. The summed E-state index contributed by atoms with van der Waals surface area (Å²) >= 11 is 1.73. The summed E-state index contributed by atoms with van der Waals surface area (Å²) in [7, 11) is -1.05. The Morgan fingerprint density at radius 1 is 1.18 bits per heavy atom. The SMILES string of the molecule is CCc1ccc(CS(=O)c2ccccc2N)s1. The molecule has 0 aliphatic carbocycles. The lowest BCUT2D eigenvalue weighted by molar-refractivity contribution is 0.683. The molecule has 0 saturated carbocycles. The van der Waals surface area contributed by atoms with Crippen LogP contribution in [-0.4, -0.2) is 4.21 Å². The second-order valence-corrected chi connectivity index (χ2v) is 6.42. The van der Waals surface area contributed by atoms with Gasteiger partial charge < -0.3 is 5.73 Å². The molecule has 1 aromatic heterocycles. The summed E-state index contributed by atoms with van der Waals surface area (Å²) in [6, 6.07) is 11.5. The van der Waals surface area contributed by atoms with Gasteiger partial charge in [0.25, 0.3) is 0 Å². The third-order valence-corrected chi connectivity index (χ3v) is 5.35. The molecular formula is C13H15NOS2. The van der Waals surface area contributed by atoms with Gasteiger partial charge in [0.15, 0.2) is 0 Å². The summed E-state index contributed by atoms with van der Waals surface area (Å²) in [6.45, 7) is 2.13. The minimum atomic E-state index is -1.05. The largest absolute Gasteiger partial charge is 0.398 e. The zero-order valence-electron chi connectivity index (χ0n) is 9.68. The van der Waals surface area contributed by atoms with Gasteiger partial charge in [0.1, 0.15) is 0 Å². The first-order valence-electron chi connectivity index (χ1n) is 5.51. The van der Waals surface area contributed by atoms with Crippen LogP contribution in [0.1, 0.15) is 16.7 Å². The van der Waals surface area contributed by atoms with Crippen molar-refractivity contribution in [2.75, 3.05) is 5.73 Å². The minimum absolute atomic E-state index is 0.554. The Hall–Kier alpha value is -1.13. The van der Waals surface area contributed by atoms with Crippen molar-refractivity contribution in [3.8, 4) is 0 Å². The van der Waals surface area contributed by atoms with Gasteiger partial charge in [-0.15, -0.1) is 11.3 Å². The first kappa shape index (κ1) is 12.3. The molecule has 0 amide bonds. The topological polar surface area (TPSA) is 43.1 Å². The van der Waals surface area contributed by atoms with Gasteiger partial charge in [-0.1, -0.05) is 19.1 Å². The van der Waals surface area contributed by atoms with Gasteiger partial charge in [0.2, 0.25) is 0 Å². The maximum absolute atomic E-state index is 12.2. The van der Waals surface area contributed by atoms with Crippen LogP contribution in [0, 0.1) is 0 Å². The average Bonchev–Trinajstić information content (AvgIpc) is 2.77. The molecule has 1 atom stereocenters. The minimum Gasteiger partial charge on any atom is -0.398 e. The van der Waals surface area contributed by atoms with Crippen LogP contribution in [0.5, 0.6) is 0 Å². The predicted octanol–water partition coefficient (Wildman–Crippen LogP) is 3.20. The lowest BCUT2D eigenvalue weighted by Gasteiger charge is -2.03. The maximum atomic E-state index is 12.2. The van der Waals surface area contributed by atoms with Crippen LogP contribution in [0.3, 0.4) is 0 Å². The van der Waals surface area contributed by atoms with Crippen molar-refractivity contribution in [1.82, 2.24) is 0 Å². The number of hydrogen-bond acceptors (Lipinski definition) is 3. The third kappa shape index (κ3) is 2.96. The molecule has 0 saturated heterocycles. The molecule has 2 aromatic rings. The average molecular weight is 265 g/mol. The van der Waals surface area contributed by atoms with E-state index in [4.69, 9.17) is 5.73 Å². The van der Waals surface area contributed by atoms with Gasteiger partial charge >= 0.3 is 0 Å². The smallest absolute Gasteiger partial charge is 0.0627 e. The number of hydrogen-bond donors (Lipinski definition) is 1. The first-order chi connectivity index (χ1) is 8.20. The van der Waals surface area contributed by atoms with Crippen LogP contribution in [0.4, 0.5) is 5.69 Å². The van der Waals surface area contributed by atoms with Gasteiger partial charge in [0.05, 0.1) is 21.4 Å². The third-order valence-electron chi connectivity index (χ3n) is 2.50. The zero-order chi connectivity index (χ0) is 12.3. The van der Waals surface area contributed by atoms with E-state index in [1.807, 2.05) is 18.2 Å². The Morgan fingerprint density at radius 2 is 1.88 bits per heavy atom. The fourth-order valence-corrected chi connectivity index (χ4v) is 3.97. The number of nitrogens with two attached hydrogens (primary N) is 1. The number of benzene rings is 1. The van der Waals surface area contributed by atoms with Crippen LogP contribution in [0.25, 0.3) is 0 Å². The molecule has 1 heterocycles. The van der Waals surface area contributed by atoms with Crippen LogP contribution in [-0.2, 0) is 23.0 Å². The second kappa shape index (κ2) is 5.47. The highest BCUT2D eigenvalue weighted by molar-refractivity contribution is 7.84. The first-order valence-corrected chi connectivity index (χ1v) is 7.64. The molecule has 0 aliphatic heterocycles. The lowest BCUT2D eigenvalue weighted by Crippen LogP contribution is -1.99. The van der Waals surface area contributed by atoms with Crippen LogP contribution < -0.4 is 5.73 Å². The molecule has 17 heavy (non-hydrogen) atoms. The Morgan fingerprint density at radius 3 is 2.53 bits per heavy atom. The molecule has 2 nitrogen and oxygen atoms in total. The summed E-state index contributed by atoms with van der Waals surface area (Å²) in [5.74, 6) is 0.554. The fourth-order valence-electron chi connectivity index (χ4n) is 1.58. The van der Waals surface area contributed by atoms with Crippen molar-refractivity contribution in [3.63, 3.8) is 0 Å². The molecule has 0 bridgehead atoms. The van der Waals surface area contributed by atoms with E-state index in [9.17, 15) is 4.21 Å². The summed E-state index contributed by atoms with van der Waals surface area (Å²) in [6.07, 6.45) is 1.03. The van der Waals surface area contributed by atoms with Crippen molar-refractivity contribution in [2.24, 2.45) is 0 Å². The predicted molar refractivity (Wildman–Crippen MR) is 74.7 cm³/mol. The molecule has 2 rings (SSSR count). The zero-order valence-corrected chi connectivity index (χ0v) is 11.3. The van der Waals surface area contributed by atoms with Crippen LogP contribution >= 0.6 is 11.3 Å². The van der Waals surface area contributed by atoms with Gasteiger partial charge in [0, 0.05) is 15.4 Å². The Bertz CT molecular complexity index is 534. The summed E-state index contributed by atoms with van der Waals surface area (Å²) < 4.78 is 12.2. The normalized spacial score (nSPS) is 12.5. The number of para-hydroxylation sites is 1. The van der Waals surface area contributed by atoms with Crippen molar-refractivity contribution in [1.29, 1.82) is 0 Å². The molecule has 90 valence electrons. The molecule has 1 unspecified atom stereocenters. The number of nitrogen functional groups attached to an aromatic ring is 1. The Labute approximate surface area is 108 Å². The highest BCUT2D eigenvalue weighted by Gasteiger charge is 2.09. The van der Waals surface area contributed by atoms with Gasteiger partial charge in [-0.05, 0) is 30.7 Å².